The molecule has 2 amide bonds. The Kier molecular flexibility index (Phi) is 5.42. The van der Waals surface area contributed by atoms with Gasteiger partial charge in [0.25, 0.3) is 11.6 Å². The van der Waals surface area contributed by atoms with Gasteiger partial charge in [0.05, 0.1) is 13.0 Å². The van der Waals surface area contributed by atoms with Crippen molar-refractivity contribution in [3.05, 3.63) is 43.8 Å². The van der Waals surface area contributed by atoms with Gasteiger partial charge in [0, 0.05) is 16.9 Å². The lowest BCUT2D eigenvalue weighted by Crippen LogP contribution is -2.83. The molecule has 0 saturated carbocycles. The minimum Gasteiger partial charge on any atom is -0.479 e. The lowest BCUT2D eigenvalue weighted by molar-refractivity contribution is -0.201. The number of carboxylic acids is 1. The number of azide groups is 1. The van der Waals surface area contributed by atoms with Gasteiger partial charge in [-0.05, 0) is 28.0 Å². The highest BCUT2D eigenvalue weighted by Gasteiger charge is 2.67. The molecule has 1 aromatic rings. The summed E-state index contributed by atoms with van der Waals surface area (Å²) >= 11 is 2.55. The van der Waals surface area contributed by atoms with Crippen molar-refractivity contribution in [2.75, 3.05) is 13.7 Å². The normalized spacial score (nSPS) is 26.3. The lowest BCUT2D eigenvalue weighted by atomic mass is 9.94. The molecule has 2 aliphatic heterocycles. The summed E-state index contributed by atoms with van der Waals surface area (Å²) in [5.41, 5.74) is 7.13. The van der Waals surface area contributed by atoms with Crippen molar-refractivity contribution in [2.24, 2.45) is 5.11 Å². The fourth-order valence-corrected chi connectivity index (χ4v) is 5.04. The molecule has 3 atom stereocenters. The molecule has 0 radical (unpaired) electrons. The number of hydrogen-bond donors (Lipinski definition) is 2. The van der Waals surface area contributed by atoms with Crippen molar-refractivity contribution < 1.29 is 24.2 Å². The van der Waals surface area contributed by atoms with E-state index in [2.05, 4.69) is 15.3 Å². The standard InChI is InChI=1S/C15H15N5O5S2/c1-25-15(18-10(21)5-9-3-2-4-26-9)13(24)20-11(12(22)23)8(6-17-19-16)7-27-14(15)20/h2-4,7,11,14H,5-6H2,1H3,(H,18,21)(H,22,23)/t11?,14-,15?/m1/s1. The molecular weight excluding hydrogens is 394 g/mol. The third-order valence-corrected chi connectivity index (χ3v) is 6.37. The molecule has 0 aliphatic carbocycles. The predicted octanol–water partition coefficient (Wildman–Crippen LogP) is 1.31. The molecule has 27 heavy (non-hydrogen) atoms. The number of carbonyl (C=O) groups excluding carboxylic acids is 2. The van der Waals surface area contributed by atoms with Crippen LogP contribution in [0.2, 0.25) is 0 Å². The summed E-state index contributed by atoms with van der Waals surface area (Å²) in [6.45, 7) is -0.165. The zero-order valence-corrected chi connectivity index (χ0v) is 15.7. The van der Waals surface area contributed by atoms with E-state index >= 15 is 0 Å². The van der Waals surface area contributed by atoms with Gasteiger partial charge in [-0.2, -0.15) is 0 Å². The first-order valence-electron chi connectivity index (χ1n) is 7.74. The van der Waals surface area contributed by atoms with Gasteiger partial charge in [-0.15, -0.1) is 23.1 Å². The molecule has 12 heteroatoms. The summed E-state index contributed by atoms with van der Waals surface area (Å²) in [5, 5.41) is 18.2. The summed E-state index contributed by atoms with van der Waals surface area (Å²) in [5.74, 6) is -2.30. The maximum atomic E-state index is 12.8. The first kappa shape index (κ1) is 19.2. The molecule has 1 saturated heterocycles. The van der Waals surface area contributed by atoms with E-state index in [1.54, 1.807) is 11.5 Å². The lowest BCUT2D eigenvalue weighted by Gasteiger charge is -2.57. The highest BCUT2D eigenvalue weighted by Crippen LogP contribution is 2.46. The molecule has 1 fully saturated rings. The Morgan fingerprint density at radius 3 is 2.93 bits per heavy atom. The van der Waals surface area contributed by atoms with Gasteiger partial charge in [-0.1, -0.05) is 11.2 Å². The van der Waals surface area contributed by atoms with Crippen LogP contribution < -0.4 is 5.32 Å². The van der Waals surface area contributed by atoms with Gasteiger partial charge in [-0.3, -0.25) is 9.59 Å². The van der Waals surface area contributed by atoms with Crippen LogP contribution in [0.4, 0.5) is 0 Å². The van der Waals surface area contributed by atoms with Gasteiger partial charge in [0.1, 0.15) is 5.37 Å². The molecule has 142 valence electrons. The van der Waals surface area contributed by atoms with Crippen molar-refractivity contribution in [1.29, 1.82) is 0 Å². The third-order valence-electron chi connectivity index (χ3n) is 4.24. The number of nitrogens with one attached hydrogen (secondary N) is 1. The summed E-state index contributed by atoms with van der Waals surface area (Å²) in [6, 6.07) is 2.35. The van der Waals surface area contributed by atoms with Crippen molar-refractivity contribution in [2.45, 2.75) is 23.6 Å². The number of rotatable bonds is 7. The Bertz CT molecular complexity index is 851. The smallest absolute Gasteiger partial charge is 0.330 e. The van der Waals surface area contributed by atoms with Crippen molar-refractivity contribution in [3.8, 4) is 0 Å². The molecule has 10 nitrogen and oxygen atoms in total. The number of aliphatic carboxylic acids is 1. The second kappa shape index (κ2) is 7.61. The molecule has 2 aliphatic rings. The van der Waals surface area contributed by atoms with Crippen LogP contribution >= 0.6 is 23.1 Å². The van der Waals surface area contributed by atoms with Crippen molar-refractivity contribution in [1.82, 2.24) is 10.2 Å². The minimum atomic E-state index is -1.63. The Morgan fingerprint density at radius 2 is 2.33 bits per heavy atom. The Labute approximate surface area is 161 Å². The maximum absolute atomic E-state index is 12.8. The fraction of sp³-hybridized carbons (Fsp3) is 0.400. The zero-order chi connectivity index (χ0) is 19.6. The van der Waals surface area contributed by atoms with Crippen molar-refractivity contribution >= 4 is 40.9 Å². The van der Waals surface area contributed by atoms with Crippen molar-refractivity contribution in [3.63, 3.8) is 0 Å². The molecular formula is C15H15N5O5S2. The van der Waals surface area contributed by atoms with E-state index in [4.69, 9.17) is 10.3 Å². The van der Waals surface area contributed by atoms with E-state index in [1.807, 2.05) is 11.4 Å². The molecule has 0 spiro atoms. The number of fused-ring (bicyclic) bond motifs is 1. The average Bonchev–Trinajstić information content (AvgIpc) is 3.15. The number of carboxylic acid groups (broad SMARTS) is 1. The quantitative estimate of drug-likeness (QED) is 0.228. The second-order valence-electron chi connectivity index (χ2n) is 5.77. The Balaban J connectivity index is 1.82. The Hall–Kier alpha value is -2.53. The van der Waals surface area contributed by atoms with Gasteiger partial charge < -0.3 is 20.1 Å². The number of amides is 2. The number of thiophene rings is 1. The molecule has 0 aromatic carbocycles. The molecule has 1 aromatic heterocycles. The molecule has 2 N–H and O–H groups in total. The van der Waals surface area contributed by atoms with Gasteiger partial charge in [-0.25, -0.2) is 4.79 Å². The molecule has 0 bridgehead atoms. The molecule has 2 unspecified atom stereocenters. The van der Waals surface area contributed by atoms with E-state index in [0.717, 1.165) is 21.5 Å². The first-order chi connectivity index (χ1) is 12.9. The average molecular weight is 409 g/mol. The third kappa shape index (κ3) is 3.28. The fourth-order valence-electron chi connectivity index (χ4n) is 3.03. The van der Waals surface area contributed by atoms with E-state index in [-0.39, 0.29) is 13.0 Å². The summed E-state index contributed by atoms with van der Waals surface area (Å²) in [7, 11) is 1.29. The summed E-state index contributed by atoms with van der Waals surface area (Å²) in [6.07, 6.45) is 0.0910. The topological polar surface area (TPSA) is 145 Å². The second-order valence-corrected chi connectivity index (χ2v) is 7.75. The Morgan fingerprint density at radius 1 is 1.56 bits per heavy atom. The predicted molar refractivity (Wildman–Crippen MR) is 97.7 cm³/mol. The van der Waals surface area contributed by atoms with Crippen LogP contribution in [0.25, 0.3) is 10.4 Å². The van der Waals surface area contributed by atoms with Crippen LogP contribution in [0.5, 0.6) is 0 Å². The van der Waals surface area contributed by atoms with Crippen LogP contribution in [-0.4, -0.2) is 58.6 Å². The van der Waals surface area contributed by atoms with Gasteiger partial charge in [0.15, 0.2) is 6.04 Å². The van der Waals surface area contributed by atoms with Gasteiger partial charge >= 0.3 is 5.97 Å². The van der Waals surface area contributed by atoms with Crippen LogP contribution in [0.3, 0.4) is 0 Å². The summed E-state index contributed by atoms with van der Waals surface area (Å²) in [4.78, 5) is 41.4. The van der Waals surface area contributed by atoms with Crippen LogP contribution in [-0.2, 0) is 25.5 Å². The number of ether oxygens (including phenoxy) is 1. The molecule has 3 heterocycles. The minimum absolute atomic E-state index is 0.0910. The highest BCUT2D eigenvalue weighted by molar-refractivity contribution is 8.03. The largest absolute Gasteiger partial charge is 0.479 e. The van der Waals surface area contributed by atoms with Crippen LogP contribution in [0, 0.1) is 0 Å². The molecule has 3 rings (SSSR count). The monoisotopic (exact) mass is 409 g/mol. The van der Waals surface area contributed by atoms with E-state index in [0.29, 0.717) is 5.57 Å². The number of methoxy groups -OCH3 is 1. The van der Waals surface area contributed by atoms with E-state index < -0.39 is 34.9 Å². The van der Waals surface area contributed by atoms with Crippen LogP contribution in [0.1, 0.15) is 4.88 Å². The van der Waals surface area contributed by atoms with Gasteiger partial charge in [0.2, 0.25) is 5.91 Å². The first-order valence-corrected chi connectivity index (χ1v) is 9.56. The van der Waals surface area contributed by atoms with Crippen LogP contribution in [0.15, 0.2) is 33.6 Å². The van der Waals surface area contributed by atoms with E-state index in [1.165, 1.54) is 18.4 Å². The van der Waals surface area contributed by atoms with E-state index in [9.17, 15) is 19.5 Å². The number of carbonyl (C=O) groups is 3. The number of nitrogens with zero attached hydrogens (tertiary/aromatic N) is 4. The SMILES string of the molecule is COC1(NC(=O)Cc2cccs2)C(=O)N2C(C(=O)O)C(CN=[N+]=[N-])=CS[C@@H]21. The number of β-lactam (4-membered cyclic amide) rings is 1. The highest BCUT2D eigenvalue weighted by atomic mass is 32.2. The summed E-state index contributed by atoms with van der Waals surface area (Å²) < 4.78 is 5.35. The number of thioether (sulfide) groups is 1. The zero-order valence-electron chi connectivity index (χ0n) is 14.1. The number of hydrogen-bond acceptors (Lipinski definition) is 7. The maximum Gasteiger partial charge on any atom is 0.330 e.